The quantitative estimate of drug-likeness (QED) is 0.242. The minimum atomic E-state index is -0.845. The number of benzene rings is 2. The number of aliphatic hydroxyl groups is 2. The summed E-state index contributed by atoms with van der Waals surface area (Å²) in [7, 11) is 5.93. The van der Waals surface area contributed by atoms with Crippen LogP contribution < -0.4 is 15.1 Å². The lowest BCUT2D eigenvalue weighted by Crippen LogP contribution is -2.62. The minimum Gasteiger partial charge on any atom is -0.392 e. The highest BCUT2D eigenvalue weighted by atomic mass is 16.3. The van der Waals surface area contributed by atoms with Crippen molar-refractivity contribution < 1.29 is 24.3 Å². The van der Waals surface area contributed by atoms with E-state index in [1.54, 1.807) is 6.20 Å². The third kappa shape index (κ3) is 9.03. The molecule has 46 heavy (non-hydrogen) atoms. The molecule has 2 amide bonds. The molecule has 2 heterocycles. The fourth-order valence-electron chi connectivity index (χ4n) is 6.71. The summed E-state index contributed by atoms with van der Waals surface area (Å²) in [4.78, 5) is 31.7. The third-order valence-electron chi connectivity index (χ3n) is 8.87. The molecule has 0 spiro atoms. The third-order valence-corrected chi connectivity index (χ3v) is 8.87. The summed E-state index contributed by atoms with van der Waals surface area (Å²) < 4.78 is 1.53. The van der Waals surface area contributed by atoms with Gasteiger partial charge >= 0.3 is 7.98 Å². The number of fused-ring (bicyclic) bond motifs is 1. The average molecular weight is 625 g/mol. The molecule has 0 bridgehead atoms. The van der Waals surface area contributed by atoms with Gasteiger partial charge in [-0.25, -0.2) is 0 Å². The lowest BCUT2D eigenvalue weighted by molar-refractivity contribution is -0.522. The fourth-order valence-corrected chi connectivity index (χ4v) is 6.71. The number of nitrogens with one attached hydrogen (secondary N) is 2. The Morgan fingerprint density at radius 3 is 2.48 bits per heavy atom. The predicted molar refractivity (Wildman–Crippen MR) is 178 cm³/mol. The standard InChI is InChI=1S/C36H47BN5O4/c1-36(2,3)39-35(46)31-24-40(21-26-12-9-15-42(37)22-26)16-17-41(31)23-29(43)19-28(18-25-10-5-4-6-11-25)34(45)38-33-30-14-8-7-13-27(30)20-32(33)44/h4-15,22,28-29,31-33,43-44H,16-21,23-24H2,1-3H3,(H,38,45)(H,39,46)/q+1/t28-,29+,31+,32-,33+/m1/s1. The number of β-amino-alcohol motifs (C(OH)–C–C–N with tert-alkyl or cyclic N) is 1. The zero-order chi connectivity index (χ0) is 32.8. The van der Waals surface area contributed by atoms with Gasteiger partial charge < -0.3 is 20.8 Å². The van der Waals surface area contributed by atoms with Crippen LogP contribution in [0.3, 0.4) is 0 Å². The van der Waals surface area contributed by atoms with Gasteiger partial charge in [0.05, 0.1) is 18.2 Å². The second-order valence-electron chi connectivity index (χ2n) is 13.9. The molecule has 2 aromatic carbocycles. The maximum absolute atomic E-state index is 13.8. The van der Waals surface area contributed by atoms with Crippen molar-refractivity contribution in [3.63, 3.8) is 0 Å². The summed E-state index contributed by atoms with van der Waals surface area (Å²) in [6.45, 7) is 8.61. The zero-order valence-electron chi connectivity index (χ0n) is 27.2. The number of aliphatic hydroxyl groups excluding tert-OH is 2. The number of aromatic nitrogens is 1. The van der Waals surface area contributed by atoms with Crippen LogP contribution in [0.1, 0.15) is 55.5 Å². The number of piperazine rings is 1. The number of amides is 2. The van der Waals surface area contributed by atoms with Crippen LogP contribution in [0.2, 0.25) is 0 Å². The van der Waals surface area contributed by atoms with Gasteiger partial charge in [0, 0.05) is 56.2 Å². The molecule has 0 unspecified atom stereocenters. The number of hydrogen-bond acceptors (Lipinski definition) is 6. The van der Waals surface area contributed by atoms with Crippen molar-refractivity contribution in [1.82, 2.24) is 20.4 Å². The molecule has 1 aliphatic carbocycles. The molecule has 1 fully saturated rings. The molecule has 2 radical (unpaired) electrons. The summed E-state index contributed by atoms with van der Waals surface area (Å²) in [5.74, 6) is -0.809. The molecule has 1 aliphatic heterocycles. The van der Waals surface area contributed by atoms with Crippen molar-refractivity contribution in [2.45, 2.75) is 76.4 Å². The van der Waals surface area contributed by atoms with E-state index in [1.807, 2.05) is 98.6 Å². The van der Waals surface area contributed by atoms with Gasteiger partial charge in [0.1, 0.15) is 18.4 Å². The van der Waals surface area contributed by atoms with Crippen LogP contribution in [0.4, 0.5) is 0 Å². The molecule has 0 saturated carbocycles. The van der Waals surface area contributed by atoms with Gasteiger partial charge in [0.15, 0.2) is 0 Å². The first-order valence-electron chi connectivity index (χ1n) is 16.3. The van der Waals surface area contributed by atoms with Gasteiger partial charge in [-0.2, -0.15) is 0 Å². The lowest BCUT2D eigenvalue weighted by atomic mass is 9.91. The SMILES string of the molecule is [B][n+]1cccc(CN2CCN(C[C@@H](O)C[C@@H](Cc3ccccc3)C(=O)N[C@H]3c4ccccc4C[C@H]3O)[C@H](C(=O)NC(C)(C)C)C2)c1. The summed E-state index contributed by atoms with van der Waals surface area (Å²) in [5.41, 5.74) is 3.62. The van der Waals surface area contributed by atoms with Gasteiger partial charge in [-0.3, -0.25) is 23.9 Å². The highest BCUT2D eigenvalue weighted by molar-refractivity contribution is 5.94. The molecule has 1 saturated heterocycles. The van der Waals surface area contributed by atoms with Crippen molar-refractivity contribution in [1.29, 1.82) is 0 Å². The first-order valence-corrected chi connectivity index (χ1v) is 16.3. The van der Waals surface area contributed by atoms with Crippen LogP contribution in [-0.2, 0) is 29.0 Å². The van der Waals surface area contributed by atoms with Crippen LogP contribution in [0.15, 0.2) is 79.1 Å². The summed E-state index contributed by atoms with van der Waals surface area (Å²) in [6, 6.07) is 20.5. The maximum Gasteiger partial charge on any atom is 0.586 e. The molecule has 5 atom stereocenters. The second-order valence-corrected chi connectivity index (χ2v) is 13.9. The molecule has 9 nitrogen and oxygen atoms in total. The van der Waals surface area contributed by atoms with Gasteiger partial charge in [-0.15, -0.1) is 0 Å². The largest absolute Gasteiger partial charge is 0.586 e. The van der Waals surface area contributed by atoms with E-state index in [0.717, 1.165) is 28.8 Å². The average Bonchev–Trinajstić information content (AvgIpc) is 3.31. The smallest absolute Gasteiger partial charge is 0.392 e. The monoisotopic (exact) mass is 624 g/mol. The molecule has 10 heteroatoms. The molecule has 5 rings (SSSR count). The molecule has 4 N–H and O–H groups in total. The first-order chi connectivity index (χ1) is 21.9. The molecule has 2 aliphatic rings. The molecular weight excluding hydrogens is 577 g/mol. The van der Waals surface area contributed by atoms with Gasteiger partial charge in [-0.05, 0) is 62.4 Å². The highest BCUT2D eigenvalue weighted by Gasteiger charge is 2.37. The highest BCUT2D eigenvalue weighted by Crippen LogP contribution is 2.32. The van der Waals surface area contributed by atoms with Crippen LogP contribution in [-0.4, -0.2) is 89.8 Å². The fraction of sp³-hybridized carbons (Fsp3) is 0.472. The Labute approximate surface area is 274 Å². The van der Waals surface area contributed by atoms with Gasteiger partial charge in [0.25, 0.3) is 0 Å². The Hall–Kier alpha value is -3.57. The Balaban J connectivity index is 1.29. The molecule has 1 aromatic heterocycles. The predicted octanol–water partition coefficient (Wildman–Crippen LogP) is 1.69. The van der Waals surface area contributed by atoms with Gasteiger partial charge in [-0.1, -0.05) is 54.6 Å². The second kappa shape index (κ2) is 14.9. The van der Waals surface area contributed by atoms with E-state index < -0.39 is 35.7 Å². The summed E-state index contributed by atoms with van der Waals surface area (Å²) in [6.07, 6.45) is 3.28. The van der Waals surface area contributed by atoms with Crippen molar-refractivity contribution >= 4 is 19.8 Å². The Bertz CT molecular complexity index is 1480. The first kappa shape index (κ1) is 33.8. The Morgan fingerprint density at radius 1 is 1.02 bits per heavy atom. The Kier molecular flexibility index (Phi) is 10.9. The number of hydrogen-bond donors (Lipinski definition) is 4. The topological polar surface area (TPSA) is 109 Å². The maximum atomic E-state index is 13.8. The summed E-state index contributed by atoms with van der Waals surface area (Å²) in [5, 5.41) is 28.5. The normalized spacial score (nSPS) is 21.7. The van der Waals surface area contributed by atoms with E-state index in [0.29, 0.717) is 32.5 Å². The number of rotatable bonds is 11. The van der Waals surface area contributed by atoms with E-state index in [1.165, 1.54) is 4.48 Å². The molecule has 242 valence electrons. The van der Waals surface area contributed by atoms with E-state index in [-0.39, 0.29) is 24.8 Å². The van der Waals surface area contributed by atoms with Crippen molar-refractivity contribution in [2.24, 2.45) is 5.92 Å². The number of carbonyl (C=O) groups excluding carboxylic acids is 2. The minimum absolute atomic E-state index is 0.0844. The van der Waals surface area contributed by atoms with Crippen molar-refractivity contribution in [2.75, 3.05) is 26.2 Å². The molecular formula is C36H47BN5O4+. The zero-order valence-corrected chi connectivity index (χ0v) is 27.2. The van der Waals surface area contributed by atoms with E-state index in [2.05, 4.69) is 15.5 Å². The number of nitrogens with zero attached hydrogens (tertiary/aromatic N) is 3. The van der Waals surface area contributed by atoms with Crippen LogP contribution in [0, 0.1) is 5.92 Å². The Morgan fingerprint density at radius 2 is 1.74 bits per heavy atom. The van der Waals surface area contributed by atoms with E-state index in [9.17, 15) is 19.8 Å². The van der Waals surface area contributed by atoms with Crippen LogP contribution in [0.5, 0.6) is 0 Å². The van der Waals surface area contributed by atoms with E-state index in [4.69, 9.17) is 7.98 Å². The van der Waals surface area contributed by atoms with E-state index >= 15 is 0 Å². The number of pyridine rings is 1. The molecule has 3 aromatic rings. The van der Waals surface area contributed by atoms with Crippen molar-refractivity contribution in [3.05, 3.63) is 101 Å². The van der Waals surface area contributed by atoms with Gasteiger partial charge in [0.2, 0.25) is 11.8 Å². The lowest BCUT2D eigenvalue weighted by Gasteiger charge is -2.42. The van der Waals surface area contributed by atoms with Crippen LogP contribution >= 0.6 is 0 Å². The summed E-state index contributed by atoms with van der Waals surface area (Å²) >= 11 is 0. The number of carbonyl (C=O) groups is 2. The van der Waals surface area contributed by atoms with Crippen molar-refractivity contribution in [3.8, 4) is 0 Å². The van der Waals surface area contributed by atoms with Crippen LogP contribution in [0.25, 0.3) is 0 Å².